The molecule has 0 fully saturated rings. The Bertz CT molecular complexity index is 565. The Kier molecular flexibility index (Phi) is 5.29. The number of primary sulfonamides is 1. The topological polar surface area (TPSA) is 72.2 Å². The first-order valence-electron chi connectivity index (χ1n) is 6.60. The fourth-order valence-corrected chi connectivity index (χ4v) is 2.55. The normalized spacial score (nSPS) is 14.3. The molecule has 0 bridgehead atoms. The number of sulfonamides is 1. The average molecular weight is 302 g/mol. The number of nitrogens with two attached hydrogens (primary N) is 1. The van der Waals surface area contributed by atoms with E-state index in [0.29, 0.717) is 12.0 Å². The molecule has 0 aliphatic carbocycles. The van der Waals surface area contributed by atoms with Crippen molar-refractivity contribution in [2.45, 2.75) is 45.1 Å². The minimum Gasteiger partial charge on any atom is -0.313 e. The van der Waals surface area contributed by atoms with E-state index >= 15 is 0 Å². The van der Waals surface area contributed by atoms with Gasteiger partial charge in [0, 0.05) is 6.04 Å². The number of rotatable bonds is 5. The van der Waals surface area contributed by atoms with Gasteiger partial charge in [-0.15, -0.1) is 0 Å². The molecule has 1 aromatic rings. The van der Waals surface area contributed by atoms with Gasteiger partial charge >= 0.3 is 0 Å². The lowest BCUT2D eigenvalue weighted by Crippen LogP contribution is -2.42. The Labute approximate surface area is 120 Å². The summed E-state index contributed by atoms with van der Waals surface area (Å²) in [6.07, 6.45) is 0.494. The van der Waals surface area contributed by atoms with Crippen LogP contribution in [0.4, 0.5) is 4.39 Å². The van der Waals surface area contributed by atoms with Gasteiger partial charge in [0.25, 0.3) is 0 Å². The van der Waals surface area contributed by atoms with E-state index in [9.17, 15) is 12.8 Å². The molecular weight excluding hydrogens is 279 g/mol. The summed E-state index contributed by atoms with van der Waals surface area (Å²) >= 11 is 0. The number of hydrogen-bond donors (Lipinski definition) is 2. The maximum atomic E-state index is 14.0. The second-order valence-corrected chi connectivity index (χ2v) is 7.54. The highest BCUT2D eigenvalue weighted by Gasteiger charge is 2.25. The molecule has 1 aromatic carbocycles. The molecule has 20 heavy (non-hydrogen) atoms. The summed E-state index contributed by atoms with van der Waals surface area (Å²) in [4.78, 5) is -0.200. The molecule has 0 saturated heterocycles. The lowest BCUT2D eigenvalue weighted by molar-refractivity contribution is 0.268. The maximum Gasteiger partial charge on any atom is 0.238 e. The summed E-state index contributed by atoms with van der Waals surface area (Å²) in [5, 5.41) is 8.32. The van der Waals surface area contributed by atoms with Crippen LogP contribution in [0.2, 0.25) is 0 Å². The summed E-state index contributed by atoms with van der Waals surface area (Å²) in [6.45, 7) is 9.03. The predicted molar refractivity (Wildman–Crippen MR) is 78.4 cm³/mol. The third kappa shape index (κ3) is 4.54. The third-order valence-corrected chi connectivity index (χ3v) is 4.18. The quantitative estimate of drug-likeness (QED) is 0.874. The summed E-state index contributed by atoms with van der Waals surface area (Å²) in [5.41, 5.74) is 0.458. The zero-order valence-electron chi connectivity index (χ0n) is 12.4. The average Bonchev–Trinajstić information content (AvgIpc) is 2.28. The number of nitrogens with one attached hydrogen (secondary N) is 1. The molecule has 0 amide bonds. The SMILES string of the molecule is CCNC(Cc1ccc(S(N)(=O)=O)cc1F)C(C)(C)C. The second-order valence-electron chi connectivity index (χ2n) is 5.98. The fraction of sp³-hybridized carbons (Fsp3) is 0.571. The molecule has 0 saturated carbocycles. The first-order valence-corrected chi connectivity index (χ1v) is 8.15. The largest absolute Gasteiger partial charge is 0.313 e. The van der Waals surface area contributed by atoms with E-state index in [2.05, 4.69) is 26.1 Å². The summed E-state index contributed by atoms with van der Waals surface area (Å²) in [7, 11) is -3.86. The molecule has 1 rings (SSSR count). The van der Waals surface area contributed by atoms with E-state index in [1.54, 1.807) is 0 Å². The zero-order valence-corrected chi connectivity index (χ0v) is 13.2. The van der Waals surface area contributed by atoms with Gasteiger partial charge in [-0.1, -0.05) is 33.8 Å². The number of likely N-dealkylation sites (N-methyl/N-ethyl adjacent to an activating group) is 1. The molecule has 1 atom stereocenters. The molecule has 0 aromatic heterocycles. The van der Waals surface area contributed by atoms with Gasteiger partial charge in [-0.3, -0.25) is 0 Å². The Morgan fingerprint density at radius 2 is 1.95 bits per heavy atom. The van der Waals surface area contributed by atoms with Crippen LogP contribution in [0, 0.1) is 11.2 Å². The van der Waals surface area contributed by atoms with Crippen molar-refractivity contribution in [3.8, 4) is 0 Å². The lowest BCUT2D eigenvalue weighted by Gasteiger charge is -2.31. The fourth-order valence-electron chi connectivity index (χ4n) is 2.02. The minimum absolute atomic E-state index is 0.0267. The van der Waals surface area contributed by atoms with E-state index in [-0.39, 0.29) is 16.4 Å². The van der Waals surface area contributed by atoms with Crippen molar-refractivity contribution in [3.63, 3.8) is 0 Å². The Morgan fingerprint density at radius 1 is 1.35 bits per heavy atom. The molecule has 3 N–H and O–H groups in total. The highest BCUT2D eigenvalue weighted by molar-refractivity contribution is 7.89. The smallest absolute Gasteiger partial charge is 0.238 e. The first-order chi connectivity index (χ1) is 9.05. The van der Waals surface area contributed by atoms with Gasteiger partial charge in [0.2, 0.25) is 10.0 Å². The molecule has 0 heterocycles. The van der Waals surface area contributed by atoms with Crippen molar-refractivity contribution in [1.29, 1.82) is 0 Å². The molecule has 1 unspecified atom stereocenters. The molecule has 0 radical (unpaired) electrons. The van der Waals surface area contributed by atoms with Crippen LogP contribution in [0.5, 0.6) is 0 Å². The summed E-state index contributed by atoms with van der Waals surface area (Å²) in [6, 6.07) is 3.92. The molecule has 4 nitrogen and oxygen atoms in total. The van der Waals surface area contributed by atoms with Crippen LogP contribution in [-0.4, -0.2) is 21.0 Å². The molecule has 6 heteroatoms. The van der Waals surface area contributed by atoms with Crippen molar-refractivity contribution < 1.29 is 12.8 Å². The van der Waals surface area contributed by atoms with Gasteiger partial charge in [0.05, 0.1) is 4.90 Å². The van der Waals surface area contributed by atoms with Crippen LogP contribution < -0.4 is 10.5 Å². The van der Waals surface area contributed by atoms with Gasteiger partial charge in [-0.05, 0) is 36.1 Å². The summed E-state index contributed by atoms with van der Waals surface area (Å²) < 4.78 is 36.4. The Balaban J connectivity index is 3.03. The predicted octanol–water partition coefficient (Wildman–Crippen LogP) is 2.04. The lowest BCUT2D eigenvalue weighted by atomic mass is 9.83. The van der Waals surface area contributed by atoms with Gasteiger partial charge in [0.1, 0.15) is 5.82 Å². The second kappa shape index (κ2) is 6.20. The van der Waals surface area contributed by atoms with Crippen molar-refractivity contribution in [1.82, 2.24) is 5.32 Å². The highest BCUT2D eigenvalue weighted by Crippen LogP contribution is 2.24. The van der Waals surface area contributed by atoms with E-state index < -0.39 is 15.8 Å². The van der Waals surface area contributed by atoms with Gasteiger partial charge < -0.3 is 5.32 Å². The first kappa shape index (κ1) is 17.1. The Hall–Kier alpha value is -0.980. The zero-order chi connectivity index (χ0) is 15.6. The van der Waals surface area contributed by atoms with Crippen LogP contribution in [0.15, 0.2) is 23.1 Å². The molecular formula is C14H23FN2O2S. The highest BCUT2D eigenvalue weighted by atomic mass is 32.2. The van der Waals surface area contributed by atoms with Gasteiger partial charge in [0.15, 0.2) is 0 Å². The van der Waals surface area contributed by atoms with Crippen LogP contribution in [0.25, 0.3) is 0 Å². The molecule has 0 aliphatic rings. The van der Waals surface area contributed by atoms with Crippen molar-refractivity contribution in [3.05, 3.63) is 29.6 Å². The van der Waals surface area contributed by atoms with Crippen molar-refractivity contribution in [2.75, 3.05) is 6.54 Å². The minimum atomic E-state index is -3.86. The molecule has 114 valence electrons. The van der Waals surface area contributed by atoms with Crippen LogP contribution in [0.1, 0.15) is 33.3 Å². The van der Waals surface area contributed by atoms with E-state index in [0.717, 1.165) is 12.6 Å². The van der Waals surface area contributed by atoms with Crippen molar-refractivity contribution >= 4 is 10.0 Å². The monoisotopic (exact) mass is 302 g/mol. The van der Waals surface area contributed by atoms with Crippen LogP contribution in [0.3, 0.4) is 0 Å². The van der Waals surface area contributed by atoms with Gasteiger partial charge in [-0.25, -0.2) is 17.9 Å². The maximum absolute atomic E-state index is 14.0. The van der Waals surface area contributed by atoms with E-state index in [4.69, 9.17) is 5.14 Å². The van der Waals surface area contributed by atoms with Crippen LogP contribution >= 0.6 is 0 Å². The van der Waals surface area contributed by atoms with Crippen molar-refractivity contribution in [2.24, 2.45) is 10.6 Å². The van der Waals surface area contributed by atoms with E-state index in [1.807, 2.05) is 6.92 Å². The summed E-state index contributed by atoms with van der Waals surface area (Å²) in [5.74, 6) is -0.538. The van der Waals surface area contributed by atoms with Gasteiger partial charge in [-0.2, -0.15) is 0 Å². The van der Waals surface area contributed by atoms with E-state index in [1.165, 1.54) is 12.1 Å². The third-order valence-electron chi connectivity index (χ3n) is 3.27. The standard InChI is InChI=1S/C14H23FN2O2S/c1-5-17-13(14(2,3)4)8-10-6-7-11(9-12(10)15)20(16,18)19/h6-7,9,13,17H,5,8H2,1-4H3,(H2,16,18,19). The number of benzene rings is 1. The number of hydrogen-bond acceptors (Lipinski definition) is 3. The molecule has 0 spiro atoms. The number of halogens is 1. The van der Waals surface area contributed by atoms with Crippen LogP contribution in [-0.2, 0) is 16.4 Å². The molecule has 0 aliphatic heterocycles. The Morgan fingerprint density at radius 3 is 2.35 bits per heavy atom.